The van der Waals surface area contributed by atoms with E-state index in [1.165, 1.54) is 28.2 Å². The van der Waals surface area contributed by atoms with Crippen LogP contribution in [0.5, 0.6) is 5.88 Å². The summed E-state index contributed by atoms with van der Waals surface area (Å²) >= 11 is 0. The van der Waals surface area contributed by atoms with Gasteiger partial charge < -0.3 is 38.2 Å². The largest absolute Gasteiger partial charge is 0.471 e. The van der Waals surface area contributed by atoms with E-state index in [1.54, 1.807) is 25.3 Å². The second kappa shape index (κ2) is 14.6. The molecule has 0 aliphatic carbocycles. The Labute approximate surface area is 235 Å². The van der Waals surface area contributed by atoms with Gasteiger partial charge in [-0.25, -0.2) is 9.18 Å². The van der Waals surface area contributed by atoms with Gasteiger partial charge in [-0.05, 0) is 35.3 Å². The lowest BCUT2D eigenvalue weighted by Crippen LogP contribution is -2.42. The Balaban J connectivity index is 1.25. The number of nitrogens with zero attached hydrogens (tertiary/aromatic N) is 3. The number of halogens is 1. The van der Waals surface area contributed by atoms with Gasteiger partial charge in [-0.3, -0.25) is 14.5 Å². The van der Waals surface area contributed by atoms with Crippen LogP contribution in [0.25, 0.3) is 5.57 Å². The molecule has 3 heterocycles. The molecule has 1 N–H and O–H groups in total. The number of esters is 1. The van der Waals surface area contributed by atoms with Crippen LogP contribution < -0.4 is 9.64 Å². The fraction of sp³-hybridized carbons (Fsp3) is 0.481. The van der Waals surface area contributed by atoms with E-state index in [4.69, 9.17) is 23.7 Å². The fourth-order valence-corrected chi connectivity index (χ4v) is 4.29. The first-order chi connectivity index (χ1) is 19.9. The van der Waals surface area contributed by atoms with E-state index in [1.807, 2.05) is 0 Å². The average Bonchev–Trinajstić information content (AvgIpc) is 3.63. The van der Waals surface area contributed by atoms with E-state index < -0.39 is 42.4 Å². The van der Waals surface area contributed by atoms with Crippen LogP contribution in [0.15, 0.2) is 41.1 Å². The van der Waals surface area contributed by atoms with Crippen molar-refractivity contribution in [2.24, 2.45) is 0 Å². The van der Waals surface area contributed by atoms with Crippen LogP contribution in [0.3, 0.4) is 0 Å². The van der Waals surface area contributed by atoms with Gasteiger partial charge in [0.15, 0.2) is 6.10 Å². The Morgan fingerprint density at radius 1 is 1.22 bits per heavy atom. The van der Waals surface area contributed by atoms with Gasteiger partial charge >= 0.3 is 12.1 Å². The summed E-state index contributed by atoms with van der Waals surface area (Å²) in [6, 6.07) is 5.98. The molecule has 41 heavy (non-hydrogen) atoms. The quantitative estimate of drug-likeness (QED) is 0.259. The molecule has 2 atom stereocenters. The number of hydrogen-bond donors (Lipinski definition) is 1. The zero-order chi connectivity index (χ0) is 29.2. The Bertz CT molecular complexity index is 1220. The highest BCUT2D eigenvalue weighted by atomic mass is 19.1. The minimum absolute atomic E-state index is 0.00136. The van der Waals surface area contributed by atoms with Crippen molar-refractivity contribution in [3.8, 4) is 5.88 Å². The molecule has 13 nitrogen and oxygen atoms in total. The first-order valence-corrected chi connectivity index (χ1v) is 13.0. The lowest BCUT2D eigenvalue weighted by molar-refractivity contribution is -0.153. The minimum Gasteiger partial charge on any atom is -0.471 e. The SMILES string of the molecule is COCCOCCOC(=O)C[C@H](O)C(=O)N1CC=C(c2ccc(N3C[C@H](COc4ccon4)OC3=O)cc2F)CC1. The third-order valence-corrected chi connectivity index (χ3v) is 6.40. The van der Waals surface area contributed by atoms with E-state index >= 15 is 4.39 Å². The zero-order valence-electron chi connectivity index (χ0n) is 22.5. The van der Waals surface area contributed by atoms with Crippen molar-refractivity contribution in [3.05, 3.63) is 48.0 Å². The van der Waals surface area contributed by atoms with Gasteiger partial charge in [0.2, 0.25) is 0 Å². The third-order valence-electron chi connectivity index (χ3n) is 6.40. The second-order valence-electron chi connectivity index (χ2n) is 9.24. The maximum atomic E-state index is 15.1. The maximum absolute atomic E-state index is 15.1. The first kappa shape index (κ1) is 30.0. The topological polar surface area (TPSA) is 150 Å². The summed E-state index contributed by atoms with van der Waals surface area (Å²) in [5, 5.41) is 13.8. The molecule has 1 aromatic heterocycles. The van der Waals surface area contributed by atoms with Crippen molar-refractivity contribution in [2.45, 2.75) is 25.0 Å². The molecule has 2 amide bonds. The molecule has 4 rings (SSSR count). The smallest absolute Gasteiger partial charge is 0.414 e. The van der Waals surface area contributed by atoms with Crippen LogP contribution in [0.1, 0.15) is 18.4 Å². The number of aromatic nitrogens is 1. The number of carbonyl (C=O) groups is 3. The molecular formula is C27H32FN3O10. The Morgan fingerprint density at radius 2 is 2.05 bits per heavy atom. The van der Waals surface area contributed by atoms with Crippen LogP contribution in [-0.4, -0.2) is 105 Å². The van der Waals surface area contributed by atoms with Crippen LogP contribution in [0.2, 0.25) is 0 Å². The third kappa shape index (κ3) is 8.25. The first-order valence-electron chi connectivity index (χ1n) is 13.0. The maximum Gasteiger partial charge on any atom is 0.414 e. The average molecular weight is 578 g/mol. The highest BCUT2D eigenvalue weighted by molar-refractivity contribution is 5.90. The van der Waals surface area contributed by atoms with Crippen LogP contribution in [0, 0.1) is 5.82 Å². The van der Waals surface area contributed by atoms with Crippen molar-refractivity contribution in [3.63, 3.8) is 0 Å². The van der Waals surface area contributed by atoms with Gasteiger partial charge in [-0.15, -0.1) is 0 Å². The number of carbonyl (C=O) groups excluding carboxylic acids is 3. The second-order valence-corrected chi connectivity index (χ2v) is 9.24. The molecule has 0 radical (unpaired) electrons. The van der Waals surface area contributed by atoms with E-state index in [-0.39, 0.29) is 45.3 Å². The van der Waals surface area contributed by atoms with Crippen LogP contribution in [-0.2, 0) is 28.5 Å². The summed E-state index contributed by atoms with van der Waals surface area (Å²) in [6.45, 7) is 1.58. The molecular weight excluding hydrogens is 545 g/mol. The highest BCUT2D eigenvalue weighted by Crippen LogP contribution is 2.30. The number of rotatable bonds is 14. The number of ether oxygens (including phenoxy) is 5. The van der Waals surface area contributed by atoms with Gasteiger partial charge in [0.05, 0.1) is 38.5 Å². The summed E-state index contributed by atoms with van der Waals surface area (Å²) in [7, 11) is 1.54. The fourth-order valence-electron chi connectivity index (χ4n) is 4.29. The molecule has 1 fully saturated rings. The van der Waals surface area contributed by atoms with Crippen molar-refractivity contribution in [1.82, 2.24) is 10.1 Å². The number of aliphatic hydroxyl groups excluding tert-OH is 1. The van der Waals surface area contributed by atoms with Gasteiger partial charge in [0.25, 0.3) is 11.8 Å². The molecule has 0 bridgehead atoms. The molecule has 1 saturated heterocycles. The predicted octanol–water partition coefficient (Wildman–Crippen LogP) is 1.79. The van der Waals surface area contributed by atoms with Crippen LogP contribution in [0.4, 0.5) is 14.9 Å². The Hall–Kier alpha value is -4.01. The lowest BCUT2D eigenvalue weighted by atomic mass is 9.98. The zero-order valence-corrected chi connectivity index (χ0v) is 22.5. The van der Waals surface area contributed by atoms with E-state index in [0.717, 1.165) is 0 Å². The van der Waals surface area contributed by atoms with Gasteiger partial charge in [-0.2, -0.15) is 0 Å². The standard InChI is InChI=1S/C27H32FN3O10/c1-36-10-11-37-12-13-38-25(33)15-23(32)26(34)30-7-4-18(5-8-30)21-3-2-19(14-22(21)28)31-16-20(41-27(31)35)17-39-24-6-9-40-29-24/h2-4,6,9,14,20,23,32H,5,7-8,10-13,15-17H2,1H3/t20-,23+/m1/s1. The van der Waals surface area contributed by atoms with Crippen molar-refractivity contribution < 1.29 is 52.1 Å². The summed E-state index contributed by atoms with van der Waals surface area (Å²) in [5.41, 5.74) is 1.37. The summed E-state index contributed by atoms with van der Waals surface area (Å²) in [6.07, 6.45) is 0.185. The van der Waals surface area contributed by atoms with Gasteiger partial charge in [0.1, 0.15) is 31.4 Å². The highest BCUT2D eigenvalue weighted by Gasteiger charge is 2.34. The van der Waals surface area contributed by atoms with E-state index in [2.05, 4.69) is 9.68 Å². The summed E-state index contributed by atoms with van der Waals surface area (Å²) in [4.78, 5) is 39.6. The molecule has 1 aromatic carbocycles. The predicted molar refractivity (Wildman–Crippen MR) is 139 cm³/mol. The molecule has 14 heteroatoms. The molecule has 0 saturated carbocycles. The summed E-state index contributed by atoms with van der Waals surface area (Å²) < 4.78 is 45.5. The van der Waals surface area contributed by atoms with Crippen molar-refractivity contribution in [2.75, 3.05) is 64.7 Å². The number of aliphatic hydroxyl groups is 1. The molecule has 2 aliphatic heterocycles. The Kier molecular flexibility index (Phi) is 10.6. The van der Waals surface area contributed by atoms with E-state index in [9.17, 15) is 19.5 Å². The molecule has 0 spiro atoms. The number of amides is 2. The van der Waals surface area contributed by atoms with E-state index in [0.29, 0.717) is 36.5 Å². The molecule has 2 aromatic rings. The lowest BCUT2D eigenvalue weighted by Gasteiger charge is -2.28. The molecule has 0 unspecified atom stereocenters. The number of methoxy groups -OCH3 is 1. The van der Waals surface area contributed by atoms with Gasteiger partial charge in [-0.1, -0.05) is 6.08 Å². The van der Waals surface area contributed by atoms with Crippen LogP contribution >= 0.6 is 0 Å². The summed E-state index contributed by atoms with van der Waals surface area (Å²) in [5.74, 6) is -1.59. The Morgan fingerprint density at radius 3 is 2.76 bits per heavy atom. The molecule has 2 aliphatic rings. The van der Waals surface area contributed by atoms with Crippen molar-refractivity contribution >= 4 is 29.2 Å². The monoisotopic (exact) mass is 577 g/mol. The number of benzene rings is 1. The molecule has 222 valence electrons. The number of anilines is 1. The normalized spacial score (nSPS) is 17.7. The number of hydrogen-bond acceptors (Lipinski definition) is 11. The van der Waals surface area contributed by atoms with Gasteiger partial charge in [0, 0.05) is 31.8 Å². The minimum atomic E-state index is -1.55. The van der Waals surface area contributed by atoms with Crippen molar-refractivity contribution in [1.29, 1.82) is 0 Å². The number of cyclic esters (lactones) is 1.